The van der Waals surface area contributed by atoms with Gasteiger partial charge in [-0.3, -0.25) is 9.59 Å². The van der Waals surface area contributed by atoms with E-state index in [1.165, 1.54) is 18.7 Å². The Kier molecular flexibility index (Phi) is 5.50. The predicted octanol–water partition coefficient (Wildman–Crippen LogP) is 3.42. The minimum atomic E-state index is -0.330. The van der Waals surface area contributed by atoms with Gasteiger partial charge in [0.1, 0.15) is 0 Å². The lowest BCUT2D eigenvalue weighted by Gasteiger charge is -2.12. The van der Waals surface area contributed by atoms with Gasteiger partial charge in [0, 0.05) is 22.6 Å². The molecule has 0 fully saturated rings. The van der Waals surface area contributed by atoms with E-state index in [0.29, 0.717) is 16.4 Å². The van der Waals surface area contributed by atoms with E-state index in [-0.39, 0.29) is 16.9 Å². The molecule has 1 aromatic heterocycles. The summed E-state index contributed by atoms with van der Waals surface area (Å²) < 4.78 is 0. The van der Waals surface area contributed by atoms with Crippen molar-refractivity contribution in [3.8, 4) is 0 Å². The average Bonchev–Trinajstić information content (AvgIpc) is 2.46. The van der Waals surface area contributed by atoms with E-state index in [0.717, 1.165) is 11.4 Å². The predicted molar refractivity (Wildman–Crippen MR) is 91.9 cm³/mol. The number of amides is 1. The molecule has 2 aromatic rings. The highest BCUT2D eigenvalue weighted by atomic mass is 32.2. The molecule has 6 heteroatoms. The van der Waals surface area contributed by atoms with Crippen molar-refractivity contribution in [1.29, 1.82) is 0 Å². The molecule has 5 nitrogen and oxygen atoms in total. The second kappa shape index (κ2) is 7.37. The Morgan fingerprint density at radius 1 is 1.09 bits per heavy atom. The van der Waals surface area contributed by atoms with Crippen LogP contribution in [-0.4, -0.2) is 26.9 Å². The van der Waals surface area contributed by atoms with Crippen LogP contribution in [0.2, 0.25) is 0 Å². The Balaban J connectivity index is 2.00. The lowest BCUT2D eigenvalue weighted by molar-refractivity contribution is -0.115. The van der Waals surface area contributed by atoms with Gasteiger partial charge < -0.3 is 5.32 Å². The summed E-state index contributed by atoms with van der Waals surface area (Å²) in [6, 6.07) is 8.73. The highest BCUT2D eigenvalue weighted by Crippen LogP contribution is 2.21. The zero-order valence-corrected chi connectivity index (χ0v) is 14.4. The van der Waals surface area contributed by atoms with Gasteiger partial charge in [0.2, 0.25) is 5.91 Å². The van der Waals surface area contributed by atoms with Crippen LogP contribution in [-0.2, 0) is 4.79 Å². The molecule has 0 aliphatic carbocycles. The molecular weight excluding hydrogens is 310 g/mol. The molecular formula is C17H19N3O2S. The molecule has 0 bridgehead atoms. The van der Waals surface area contributed by atoms with Gasteiger partial charge in [-0.15, -0.1) is 0 Å². The molecule has 0 radical (unpaired) electrons. The number of benzene rings is 1. The smallest absolute Gasteiger partial charge is 0.237 e. The maximum absolute atomic E-state index is 12.3. The molecule has 23 heavy (non-hydrogen) atoms. The summed E-state index contributed by atoms with van der Waals surface area (Å²) in [7, 11) is 0. The molecule has 120 valence electrons. The second-order valence-electron chi connectivity index (χ2n) is 5.32. The van der Waals surface area contributed by atoms with Crippen molar-refractivity contribution in [1.82, 2.24) is 9.97 Å². The summed E-state index contributed by atoms with van der Waals surface area (Å²) in [5.41, 5.74) is 3.04. The number of nitrogens with zero attached hydrogens (tertiary/aromatic N) is 2. The SMILES string of the molecule is CC(=O)c1ccc(NC(=O)C(C)Sc2nc(C)cc(C)n2)cc1. The number of thioether (sulfide) groups is 1. The molecule has 0 spiro atoms. The van der Waals surface area contributed by atoms with E-state index >= 15 is 0 Å². The van der Waals surface area contributed by atoms with E-state index in [1.807, 2.05) is 26.8 Å². The number of carbonyl (C=O) groups is 2. The monoisotopic (exact) mass is 329 g/mol. The van der Waals surface area contributed by atoms with Gasteiger partial charge in [0.25, 0.3) is 0 Å². The number of nitrogens with one attached hydrogen (secondary N) is 1. The fourth-order valence-electron chi connectivity index (χ4n) is 1.99. The summed E-state index contributed by atoms with van der Waals surface area (Å²) in [6.07, 6.45) is 0. The van der Waals surface area contributed by atoms with Gasteiger partial charge in [-0.25, -0.2) is 9.97 Å². The maximum Gasteiger partial charge on any atom is 0.237 e. The molecule has 0 aliphatic heterocycles. The first-order valence-corrected chi connectivity index (χ1v) is 8.14. The van der Waals surface area contributed by atoms with Gasteiger partial charge in [0.05, 0.1) is 5.25 Å². The van der Waals surface area contributed by atoms with Gasteiger partial charge in [-0.2, -0.15) is 0 Å². The third kappa shape index (κ3) is 4.89. The maximum atomic E-state index is 12.3. The fourth-order valence-corrected chi connectivity index (χ4v) is 2.87. The summed E-state index contributed by atoms with van der Waals surface area (Å²) in [5.74, 6) is -0.132. The molecule has 1 unspecified atom stereocenters. The van der Waals surface area contributed by atoms with Crippen molar-refractivity contribution in [3.63, 3.8) is 0 Å². The lowest BCUT2D eigenvalue weighted by atomic mass is 10.1. The van der Waals surface area contributed by atoms with Crippen molar-refractivity contribution in [2.45, 2.75) is 38.1 Å². The largest absolute Gasteiger partial charge is 0.325 e. The first-order chi connectivity index (χ1) is 10.8. The number of Topliss-reactive ketones (excluding diaryl/α,β-unsaturated/α-hetero) is 1. The van der Waals surface area contributed by atoms with Crippen molar-refractivity contribution in [3.05, 3.63) is 47.3 Å². The summed E-state index contributed by atoms with van der Waals surface area (Å²) in [6.45, 7) is 7.13. The van der Waals surface area contributed by atoms with Crippen molar-refractivity contribution in [2.75, 3.05) is 5.32 Å². The first-order valence-electron chi connectivity index (χ1n) is 7.26. The third-order valence-electron chi connectivity index (χ3n) is 3.17. The number of carbonyl (C=O) groups excluding carboxylic acids is 2. The number of hydrogen-bond acceptors (Lipinski definition) is 5. The van der Waals surface area contributed by atoms with E-state index in [9.17, 15) is 9.59 Å². The number of hydrogen-bond donors (Lipinski definition) is 1. The molecule has 0 saturated carbocycles. The van der Waals surface area contributed by atoms with E-state index < -0.39 is 0 Å². The van der Waals surface area contributed by atoms with E-state index in [4.69, 9.17) is 0 Å². The first kappa shape index (κ1) is 17.1. The summed E-state index contributed by atoms with van der Waals surface area (Å²) in [4.78, 5) is 32.1. The van der Waals surface area contributed by atoms with Crippen LogP contribution in [0.15, 0.2) is 35.5 Å². The molecule has 1 atom stereocenters. The Morgan fingerprint density at radius 2 is 1.65 bits per heavy atom. The molecule has 1 N–H and O–H groups in total. The minimum absolute atomic E-state index is 0.00114. The van der Waals surface area contributed by atoms with Crippen LogP contribution >= 0.6 is 11.8 Å². The van der Waals surface area contributed by atoms with Gasteiger partial charge in [-0.05, 0) is 58.0 Å². The van der Waals surface area contributed by atoms with Crippen LogP contribution in [0.4, 0.5) is 5.69 Å². The number of ketones is 1. The highest BCUT2D eigenvalue weighted by molar-refractivity contribution is 8.00. The van der Waals surface area contributed by atoms with Crippen LogP contribution in [0.25, 0.3) is 0 Å². The van der Waals surface area contributed by atoms with E-state index in [2.05, 4.69) is 15.3 Å². The quantitative estimate of drug-likeness (QED) is 0.517. The van der Waals surface area contributed by atoms with Crippen molar-refractivity contribution >= 4 is 29.1 Å². The molecule has 1 aromatic carbocycles. The Hall–Kier alpha value is -2.21. The van der Waals surface area contributed by atoms with Crippen LogP contribution in [0, 0.1) is 13.8 Å². The normalized spacial score (nSPS) is 11.8. The Morgan fingerprint density at radius 3 is 2.17 bits per heavy atom. The highest BCUT2D eigenvalue weighted by Gasteiger charge is 2.16. The molecule has 2 rings (SSSR count). The molecule has 0 aliphatic rings. The topological polar surface area (TPSA) is 72.0 Å². The second-order valence-corrected chi connectivity index (χ2v) is 6.62. The number of aryl methyl sites for hydroxylation is 2. The van der Waals surface area contributed by atoms with Gasteiger partial charge in [-0.1, -0.05) is 11.8 Å². The van der Waals surface area contributed by atoms with Crippen LogP contribution < -0.4 is 5.32 Å². The minimum Gasteiger partial charge on any atom is -0.325 e. The van der Waals surface area contributed by atoms with Crippen LogP contribution in [0.1, 0.15) is 35.6 Å². The van der Waals surface area contributed by atoms with E-state index in [1.54, 1.807) is 24.3 Å². The van der Waals surface area contributed by atoms with Crippen molar-refractivity contribution in [2.24, 2.45) is 0 Å². The average molecular weight is 329 g/mol. The third-order valence-corrected chi connectivity index (χ3v) is 4.13. The standard InChI is InChI=1S/C17H19N3O2S/c1-10-9-11(2)19-17(18-10)23-13(4)16(22)20-15-7-5-14(6-8-15)12(3)21/h5-9,13H,1-4H3,(H,20,22). The Labute approximate surface area is 139 Å². The van der Waals surface area contributed by atoms with Gasteiger partial charge >= 0.3 is 0 Å². The zero-order valence-electron chi connectivity index (χ0n) is 13.6. The van der Waals surface area contributed by atoms with Gasteiger partial charge in [0.15, 0.2) is 10.9 Å². The zero-order chi connectivity index (χ0) is 17.0. The molecule has 1 heterocycles. The Bertz CT molecular complexity index is 709. The number of anilines is 1. The number of rotatable bonds is 5. The van der Waals surface area contributed by atoms with Crippen LogP contribution in [0.3, 0.4) is 0 Å². The summed E-state index contributed by atoms with van der Waals surface area (Å²) in [5, 5.41) is 3.10. The van der Waals surface area contributed by atoms with Crippen LogP contribution in [0.5, 0.6) is 0 Å². The molecule has 1 amide bonds. The lowest BCUT2D eigenvalue weighted by Crippen LogP contribution is -2.22. The van der Waals surface area contributed by atoms with Crippen molar-refractivity contribution < 1.29 is 9.59 Å². The summed E-state index contributed by atoms with van der Waals surface area (Å²) >= 11 is 1.32. The fraction of sp³-hybridized carbons (Fsp3) is 0.294. The number of aromatic nitrogens is 2. The molecule has 0 saturated heterocycles.